The molecule has 0 aliphatic carbocycles. The van der Waals surface area contributed by atoms with Gasteiger partial charge in [0.25, 0.3) is 0 Å². The monoisotopic (exact) mass is 578 g/mol. The van der Waals surface area contributed by atoms with E-state index in [2.05, 4.69) is 120 Å². The number of hydrogen-bond donors (Lipinski definition) is 0. The zero-order valence-electron chi connectivity index (χ0n) is 24.2. The zero-order chi connectivity index (χ0) is 29.7. The van der Waals surface area contributed by atoms with E-state index in [-0.39, 0.29) is 0 Å². The van der Waals surface area contributed by atoms with Crippen LogP contribution < -0.4 is 4.90 Å². The van der Waals surface area contributed by atoms with Gasteiger partial charge in [-0.2, -0.15) is 0 Å². The molecule has 0 saturated carbocycles. The van der Waals surface area contributed by atoms with Crippen molar-refractivity contribution < 1.29 is 8.83 Å². The van der Waals surface area contributed by atoms with Gasteiger partial charge >= 0.3 is 0 Å². The van der Waals surface area contributed by atoms with Crippen LogP contribution in [0.3, 0.4) is 0 Å². The van der Waals surface area contributed by atoms with E-state index >= 15 is 0 Å². The van der Waals surface area contributed by atoms with Crippen LogP contribution in [0.4, 0.5) is 17.1 Å². The van der Waals surface area contributed by atoms with Gasteiger partial charge in [0.1, 0.15) is 16.7 Å². The molecule has 0 radical (unpaired) electrons. The Labute approximate surface area is 259 Å². The molecule has 0 saturated heterocycles. The average Bonchev–Trinajstić information content (AvgIpc) is 3.71. The van der Waals surface area contributed by atoms with Crippen molar-refractivity contribution in [3.05, 3.63) is 158 Å². The standard InChI is InChI=1S/C41H26N2O2/c1-2-11-31(12-3-1)43(32-21-19-28(20-22-32)30-18-17-27-9-4-5-10-29(27)25-30)33-23-24-37-35(26-33)40-34(13-8-16-39(40)44-37)41-42-36-14-6-7-15-38(36)45-41/h1-26H. The number of rotatable bonds is 5. The van der Waals surface area contributed by atoms with Crippen LogP contribution in [0, 0.1) is 0 Å². The molecule has 0 bridgehead atoms. The van der Waals surface area contributed by atoms with Gasteiger partial charge in [0.2, 0.25) is 5.89 Å². The Hall–Kier alpha value is -6.13. The van der Waals surface area contributed by atoms with Crippen molar-refractivity contribution in [3.8, 4) is 22.6 Å². The van der Waals surface area contributed by atoms with Gasteiger partial charge in [0.15, 0.2) is 5.58 Å². The molecule has 0 atom stereocenters. The summed E-state index contributed by atoms with van der Waals surface area (Å²) in [5.41, 5.74) is 9.67. The van der Waals surface area contributed by atoms with Crippen molar-refractivity contribution in [3.63, 3.8) is 0 Å². The first-order chi connectivity index (χ1) is 22.3. The van der Waals surface area contributed by atoms with Crippen molar-refractivity contribution in [2.75, 3.05) is 4.90 Å². The van der Waals surface area contributed by atoms with Gasteiger partial charge in [-0.15, -0.1) is 0 Å². The van der Waals surface area contributed by atoms with E-state index in [0.29, 0.717) is 5.89 Å². The summed E-state index contributed by atoms with van der Waals surface area (Å²) in [5, 5.41) is 4.48. The molecule has 45 heavy (non-hydrogen) atoms. The maximum atomic E-state index is 6.34. The lowest BCUT2D eigenvalue weighted by atomic mass is 10.0. The van der Waals surface area contributed by atoms with Gasteiger partial charge in [-0.1, -0.05) is 84.9 Å². The zero-order valence-corrected chi connectivity index (χ0v) is 24.2. The normalized spacial score (nSPS) is 11.6. The number of hydrogen-bond acceptors (Lipinski definition) is 4. The minimum atomic E-state index is 0.582. The lowest BCUT2D eigenvalue weighted by Crippen LogP contribution is -2.09. The van der Waals surface area contributed by atoms with Crippen molar-refractivity contribution >= 4 is 60.9 Å². The van der Waals surface area contributed by atoms with Crippen LogP contribution in [0.5, 0.6) is 0 Å². The molecule has 7 aromatic carbocycles. The molecule has 0 aliphatic heterocycles. The SMILES string of the molecule is c1ccc(N(c2ccc(-c3ccc4ccccc4c3)cc2)c2ccc3oc4cccc(-c5nc6ccccc6o5)c4c3c2)cc1. The lowest BCUT2D eigenvalue weighted by Gasteiger charge is -2.25. The first-order valence-corrected chi connectivity index (χ1v) is 15.0. The van der Waals surface area contributed by atoms with E-state index < -0.39 is 0 Å². The van der Waals surface area contributed by atoms with E-state index in [0.717, 1.165) is 55.7 Å². The Morgan fingerprint density at radius 3 is 2.02 bits per heavy atom. The van der Waals surface area contributed by atoms with Crippen molar-refractivity contribution in [2.24, 2.45) is 0 Å². The van der Waals surface area contributed by atoms with Gasteiger partial charge in [0, 0.05) is 33.4 Å². The van der Waals surface area contributed by atoms with E-state index in [4.69, 9.17) is 13.8 Å². The number of furan rings is 1. The van der Waals surface area contributed by atoms with Gasteiger partial charge in [0.05, 0.1) is 0 Å². The van der Waals surface area contributed by atoms with E-state index in [1.807, 2.05) is 42.5 Å². The third-order valence-electron chi connectivity index (χ3n) is 8.48. The molecule has 0 N–H and O–H groups in total. The molecule has 0 spiro atoms. The second kappa shape index (κ2) is 10.2. The van der Waals surface area contributed by atoms with Crippen molar-refractivity contribution in [1.82, 2.24) is 4.98 Å². The molecule has 0 amide bonds. The van der Waals surface area contributed by atoms with Crippen LogP contribution in [0.25, 0.3) is 66.4 Å². The van der Waals surface area contributed by atoms with Gasteiger partial charge in [-0.05, 0) is 94.7 Å². The summed E-state index contributed by atoms with van der Waals surface area (Å²) in [7, 11) is 0. The number of fused-ring (bicyclic) bond motifs is 5. The maximum absolute atomic E-state index is 6.34. The van der Waals surface area contributed by atoms with E-state index in [9.17, 15) is 0 Å². The summed E-state index contributed by atoms with van der Waals surface area (Å²) >= 11 is 0. The summed E-state index contributed by atoms with van der Waals surface area (Å²) in [6.45, 7) is 0. The summed E-state index contributed by atoms with van der Waals surface area (Å²) in [4.78, 5) is 7.09. The molecule has 4 nitrogen and oxygen atoms in total. The minimum Gasteiger partial charge on any atom is -0.456 e. The van der Waals surface area contributed by atoms with E-state index in [1.165, 1.54) is 21.9 Å². The fourth-order valence-electron chi connectivity index (χ4n) is 6.32. The number of para-hydroxylation sites is 3. The van der Waals surface area contributed by atoms with Crippen LogP contribution in [0.1, 0.15) is 0 Å². The molecule has 2 aromatic heterocycles. The Kier molecular flexibility index (Phi) is 5.78. The minimum absolute atomic E-state index is 0.582. The molecular formula is C41H26N2O2. The summed E-state index contributed by atoms with van der Waals surface area (Å²) in [6.07, 6.45) is 0. The lowest BCUT2D eigenvalue weighted by molar-refractivity contribution is 0.620. The summed E-state index contributed by atoms with van der Waals surface area (Å²) < 4.78 is 12.5. The first kappa shape index (κ1) is 25.4. The third kappa shape index (κ3) is 4.35. The largest absolute Gasteiger partial charge is 0.456 e. The topological polar surface area (TPSA) is 42.4 Å². The van der Waals surface area contributed by atoms with Crippen LogP contribution >= 0.6 is 0 Å². The molecule has 0 fully saturated rings. The number of nitrogens with zero attached hydrogens (tertiary/aromatic N) is 2. The molecular weight excluding hydrogens is 552 g/mol. The second-order valence-electron chi connectivity index (χ2n) is 11.2. The van der Waals surface area contributed by atoms with Gasteiger partial charge < -0.3 is 13.7 Å². The third-order valence-corrected chi connectivity index (χ3v) is 8.48. The molecule has 2 heterocycles. The predicted molar refractivity (Wildman–Crippen MR) is 184 cm³/mol. The van der Waals surface area contributed by atoms with Gasteiger partial charge in [-0.25, -0.2) is 4.98 Å². The highest BCUT2D eigenvalue weighted by Crippen LogP contribution is 2.42. The van der Waals surface area contributed by atoms with Crippen LogP contribution in [-0.2, 0) is 0 Å². The number of oxazole rings is 1. The number of benzene rings is 7. The number of anilines is 3. The Morgan fingerprint density at radius 2 is 1.16 bits per heavy atom. The van der Waals surface area contributed by atoms with E-state index in [1.54, 1.807) is 0 Å². The summed E-state index contributed by atoms with van der Waals surface area (Å²) in [6, 6.07) is 54.6. The summed E-state index contributed by atoms with van der Waals surface area (Å²) in [5.74, 6) is 0.582. The fraction of sp³-hybridized carbons (Fsp3) is 0. The first-order valence-electron chi connectivity index (χ1n) is 15.0. The predicted octanol–water partition coefficient (Wildman–Crippen LogP) is 11.7. The molecule has 212 valence electrons. The molecule has 0 aliphatic rings. The molecule has 4 heteroatoms. The highest BCUT2D eigenvalue weighted by atomic mass is 16.3. The van der Waals surface area contributed by atoms with Crippen LogP contribution in [-0.4, -0.2) is 4.98 Å². The van der Waals surface area contributed by atoms with Gasteiger partial charge in [-0.3, -0.25) is 0 Å². The Morgan fingerprint density at radius 1 is 0.444 bits per heavy atom. The molecule has 0 unspecified atom stereocenters. The Balaban J connectivity index is 1.18. The van der Waals surface area contributed by atoms with Crippen LogP contribution in [0.15, 0.2) is 167 Å². The Bertz CT molecular complexity index is 2460. The number of aromatic nitrogens is 1. The van der Waals surface area contributed by atoms with Crippen molar-refractivity contribution in [2.45, 2.75) is 0 Å². The smallest absolute Gasteiger partial charge is 0.228 e. The van der Waals surface area contributed by atoms with Crippen molar-refractivity contribution in [1.29, 1.82) is 0 Å². The molecule has 9 aromatic rings. The highest BCUT2D eigenvalue weighted by molar-refractivity contribution is 6.13. The second-order valence-corrected chi connectivity index (χ2v) is 11.2. The highest BCUT2D eigenvalue weighted by Gasteiger charge is 2.19. The average molecular weight is 579 g/mol. The molecule has 9 rings (SSSR count). The maximum Gasteiger partial charge on any atom is 0.228 e. The quantitative estimate of drug-likeness (QED) is 0.204. The fourth-order valence-corrected chi connectivity index (χ4v) is 6.32. The van der Waals surface area contributed by atoms with Crippen LogP contribution in [0.2, 0.25) is 0 Å².